The fraction of sp³-hybridized carbons (Fsp3) is 0.194. The van der Waals surface area contributed by atoms with Crippen LogP contribution in [0.4, 0.5) is 5.13 Å². The Morgan fingerprint density at radius 1 is 1.08 bits per heavy atom. The number of aromatic nitrogens is 1. The van der Waals surface area contributed by atoms with Gasteiger partial charge >= 0.3 is 5.91 Å². The largest absolute Gasteiger partial charge is 0.507 e. The highest BCUT2D eigenvalue weighted by Crippen LogP contribution is 2.45. The van der Waals surface area contributed by atoms with Crippen molar-refractivity contribution in [3.05, 3.63) is 102 Å². The number of thiazole rings is 1. The number of anilines is 1. The van der Waals surface area contributed by atoms with E-state index in [1.807, 2.05) is 32.0 Å². The number of aliphatic hydroxyl groups is 1. The lowest BCUT2D eigenvalue weighted by atomic mass is 9.95. The summed E-state index contributed by atoms with van der Waals surface area (Å²) >= 11 is 1.33. The Morgan fingerprint density at radius 2 is 1.87 bits per heavy atom. The van der Waals surface area contributed by atoms with Crippen LogP contribution in [0.1, 0.15) is 36.1 Å². The first-order valence-corrected chi connectivity index (χ1v) is 13.5. The van der Waals surface area contributed by atoms with Crippen LogP contribution in [-0.4, -0.2) is 35.0 Å². The second-order valence-electron chi connectivity index (χ2n) is 9.18. The minimum atomic E-state index is -0.907. The van der Waals surface area contributed by atoms with Crippen molar-refractivity contribution in [1.82, 2.24) is 4.98 Å². The monoisotopic (exact) mass is 540 g/mol. The van der Waals surface area contributed by atoms with Gasteiger partial charge in [0.1, 0.15) is 23.9 Å². The molecule has 0 spiro atoms. The molecule has 39 heavy (non-hydrogen) atoms. The van der Waals surface area contributed by atoms with Gasteiger partial charge in [0.05, 0.1) is 28.4 Å². The van der Waals surface area contributed by atoms with Gasteiger partial charge in [0, 0.05) is 5.56 Å². The van der Waals surface area contributed by atoms with Crippen LogP contribution in [0.3, 0.4) is 0 Å². The summed E-state index contributed by atoms with van der Waals surface area (Å²) in [6.45, 7) is 8.56. The molecule has 198 valence electrons. The number of fused-ring (bicyclic) bond motifs is 1. The average molecular weight is 541 g/mol. The highest BCUT2D eigenvalue weighted by atomic mass is 32.1. The molecular weight excluding hydrogens is 512 g/mol. The number of carbonyl (C=O) groups is 2. The van der Waals surface area contributed by atoms with Crippen LogP contribution in [0.5, 0.6) is 11.5 Å². The Kier molecular flexibility index (Phi) is 7.47. The molecule has 4 aromatic rings. The zero-order chi connectivity index (χ0) is 27.5. The van der Waals surface area contributed by atoms with E-state index in [4.69, 9.17) is 9.47 Å². The molecule has 1 saturated heterocycles. The summed E-state index contributed by atoms with van der Waals surface area (Å²) in [6.07, 6.45) is 2.50. The number of carbonyl (C=O) groups excluding carboxylic acids is 2. The van der Waals surface area contributed by atoms with Gasteiger partial charge in [0.2, 0.25) is 0 Å². The zero-order valence-electron chi connectivity index (χ0n) is 21.7. The third-order valence-electron chi connectivity index (χ3n) is 6.33. The van der Waals surface area contributed by atoms with Gasteiger partial charge in [-0.3, -0.25) is 14.5 Å². The number of Topliss-reactive ketones (excluding diaryl/α,β-unsaturated/α-hetero) is 1. The molecular formula is C31H28N2O5S. The van der Waals surface area contributed by atoms with Crippen molar-refractivity contribution in [3.63, 3.8) is 0 Å². The molecule has 1 aromatic heterocycles. The molecule has 7 nitrogen and oxygen atoms in total. The summed E-state index contributed by atoms with van der Waals surface area (Å²) in [5.41, 5.74) is 2.79. The summed E-state index contributed by atoms with van der Waals surface area (Å²) in [5, 5.41) is 11.8. The Bertz CT molecular complexity index is 1590. The highest BCUT2D eigenvalue weighted by Gasteiger charge is 2.48. The fourth-order valence-electron chi connectivity index (χ4n) is 4.48. The Labute approximate surface area is 230 Å². The number of ketones is 1. The molecule has 0 aliphatic carbocycles. The van der Waals surface area contributed by atoms with E-state index >= 15 is 0 Å². The number of ether oxygens (including phenoxy) is 2. The van der Waals surface area contributed by atoms with Crippen molar-refractivity contribution < 1.29 is 24.2 Å². The Morgan fingerprint density at radius 3 is 2.62 bits per heavy atom. The molecule has 1 atom stereocenters. The maximum absolute atomic E-state index is 13.5. The number of rotatable bonds is 9. The van der Waals surface area contributed by atoms with Crippen molar-refractivity contribution in [2.45, 2.75) is 26.3 Å². The SMILES string of the molecule is C=CCOc1cccc(C2C(=C(O)c3ccc(OCCC)cc3)C(=O)C(=O)N2c2nc3ccc(C)cc3s2)c1. The summed E-state index contributed by atoms with van der Waals surface area (Å²) in [4.78, 5) is 33.1. The van der Waals surface area contributed by atoms with Crippen molar-refractivity contribution in [3.8, 4) is 11.5 Å². The van der Waals surface area contributed by atoms with Gasteiger partial charge in [-0.05, 0) is 73.0 Å². The molecule has 0 saturated carbocycles. The lowest BCUT2D eigenvalue weighted by molar-refractivity contribution is -0.132. The molecule has 5 rings (SSSR count). The normalized spacial score (nSPS) is 16.6. The third-order valence-corrected chi connectivity index (χ3v) is 7.34. The van der Waals surface area contributed by atoms with E-state index in [1.54, 1.807) is 54.6 Å². The lowest BCUT2D eigenvalue weighted by Gasteiger charge is -2.23. The summed E-state index contributed by atoms with van der Waals surface area (Å²) in [7, 11) is 0. The number of amides is 1. The predicted molar refractivity (Wildman–Crippen MR) is 154 cm³/mol. The zero-order valence-corrected chi connectivity index (χ0v) is 22.5. The van der Waals surface area contributed by atoms with Crippen LogP contribution in [0, 0.1) is 6.92 Å². The number of nitrogens with zero attached hydrogens (tertiary/aromatic N) is 2. The van der Waals surface area contributed by atoms with Crippen LogP contribution in [0.25, 0.3) is 16.0 Å². The number of hydrogen-bond acceptors (Lipinski definition) is 7. The van der Waals surface area contributed by atoms with E-state index in [-0.39, 0.29) is 11.3 Å². The molecule has 1 fully saturated rings. The molecule has 2 heterocycles. The minimum absolute atomic E-state index is 0.0152. The highest BCUT2D eigenvalue weighted by molar-refractivity contribution is 7.22. The van der Waals surface area contributed by atoms with E-state index < -0.39 is 17.7 Å². The quantitative estimate of drug-likeness (QED) is 0.112. The van der Waals surface area contributed by atoms with E-state index in [0.29, 0.717) is 41.0 Å². The predicted octanol–water partition coefficient (Wildman–Crippen LogP) is 6.58. The van der Waals surface area contributed by atoms with Crippen molar-refractivity contribution in [2.75, 3.05) is 18.1 Å². The molecule has 1 unspecified atom stereocenters. The van der Waals surface area contributed by atoms with Crippen molar-refractivity contribution >= 4 is 44.1 Å². The molecule has 0 bridgehead atoms. The summed E-state index contributed by atoms with van der Waals surface area (Å²) in [6, 6.07) is 18.9. The minimum Gasteiger partial charge on any atom is -0.507 e. The van der Waals surface area contributed by atoms with E-state index in [2.05, 4.69) is 11.6 Å². The van der Waals surface area contributed by atoms with Gasteiger partial charge in [0.15, 0.2) is 5.13 Å². The third kappa shape index (κ3) is 5.15. The smallest absolute Gasteiger partial charge is 0.301 e. The summed E-state index contributed by atoms with van der Waals surface area (Å²) in [5.74, 6) is -0.593. The molecule has 8 heteroatoms. The molecule has 1 N–H and O–H groups in total. The van der Waals surface area contributed by atoms with Gasteiger partial charge in [-0.1, -0.05) is 49.1 Å². The second-order valence-corrected chi connectivity index (χ2v) is 10.2. The van der Waals surface area contributed by atoms with E-state index in [9.17, 15) is 14.7 Å². The first-order valence-electron chi connectivity index (χ1n) is 12.7. The fourth-order valence-corrected chi connectivity index (χ4v) is 5.57. The van der Waals surface area contributed by atoms with Crippen LogP contribution >= 0.6 is 11.3 Å². The number of hydrogen-bond donors (Lipinski definition) is 1. The number of aryl methyl sites for hydroxylation is 1. The van der Waals surface area contributed by atoms with E-state index in [0.717, 1.165) is 22.2 Å². The van der Waals surface area contributed by atoms with Crippen molar-refractivity contribution in [1.29, 1.82) is 0 Å². The van der Waals surface area contributed by atoms with Crippen LogP contribution in [0.2, 0.25) is 0 Å². The number of benzene rings is 3. The lowest BCUT2D eigenvalue weighted by Crippen LogP contribution is -2.29. The van der Waals surface area contributed by atoms with Gasteiger partial charge in [-0.25, -0.2) is 4.98 Å². The number of aliphatic hydroxyl groups excluding tert-OH is 1. The van der Waals surface area contributed by atoms with E-state index in [1.165, 1.54) is 16.2 Å². The van der Waals surface area contributed by atoms with Gasteiger partial charge < -0.3 is 14.6 Å². The maximum Gasteiger partial charge on any atom is 0.301 e. The molecule has 1 amide bonds. The van der Waals surface area contributed by atoms with Crippen LogP contribution in [0.15, 0.2) is 85.0 Å². The topological polar surface area (TPSA) is 89.0 Å². The maximum atomic E-state index is 13.5. The van der Waals surface area contributed by atoms with Gasteiger partial charge in [-0.15, -0.1) is 0 Å². The molecule has 0 radical (unpaired) electrons. The molecule has 3 aromatic carbocycles. The average Bonchev–Trinajstić information content (AvgIpc) is 3.48. The van der Waals surface area contributed by atoms with Crippen LogP contribution in [-0.2, 0) is 9.59 Å². The Balaban J connectivity index is 1.65. The van der Waals surface area contributed by atoms with Gasteiger partial charge in [-0.2, -0.15) is 0 Å². The first-order chi connectivity index (χ1) is 18.9. The second kappa shape index (κ2) is 11.1. The van der Waals surface area contributed by atoms with Crippen molar-refractivity contribution in [2.24, 2.45) is 0 Å². The first kappa shape index (κ1) is 26.2. The van der Waals surface area contributed by atoms with Gasteiger partial charge in [0.25, 0.3) is 5.78 Å². The molecule has 1 aliphatic rings. The Hall–Kier alpha value is -4.43. The molecule has 1 aliphatic heterocycles. The standard InChI is InChI=1S/C31H28N2O5S/c1-4-15-37-22-12-10-20(11-13-22)28(34)26-27(21-7-6-8-23(18-21)38-16-5-2)33(30(36)29(26)35)31-32-24-14-9-19(3)17-25(24)39-31/h5-14,17-18,27,34H,2,4,15-16H2,1,3H3. The van der Waals surface area contributed by atoms with Crippen LogP contribution < -0.4 is 14.4 Å². The summed E-state index contributed by atoms with van der Waals surface area (Å²) < 4.78 is 12.3.